The third-order valence-electron chi connectivity index (χ3n) is 5.73. The maximum Gasteiger partial charge on any atom is 0.244 e. The molecular weight excluding hydrogens is 449 g/mol. The van der Waals surface area contributed by atoms with Crippen molar-refractivity contribution < 1.29 is 18.0 Å². The van der Waals surface area contributed by atoms with E-state index in [0.717, 1.165) is 12.8 Å². The zero-order chi connectivity index (χ0) is 21.9. The normalized spacial score (nSPS) is 21.4. The predicted octanol–water partition coefficient (Wildman–Crippen LogP) is 2.91. The topological polar surface area (TPSA) is 86.8 Å². The second-order valence-electron chi connectivity index (χ2n) is 7.80. The summed E-state index contributed by atoms with van der Waals surface area (Å²) in [6.45, 7) is 3.51. The van der Waals surface area contributed by atoms with E-state index in [9.17, 15) is 18.0 Å². The van der Waals surface area contributed by atoms with Gasteiger partial charge < -0.3 is 10.2 Å². The molecule has 30 heavy (non-hydrogen) atoms. The Morgan fingerprint density at radius 2 is 1.83 bits per heavy atom. The van der Waals surface area contributed by atoms with Crippen molar-refractivity contribution in [2.45, 2.75) is 50.0 Å². The van der Waals surface area contributed by atoms with Gasteiger partial charge in [0.15, 0.2) is 0 Å². The molecular formula is C20H27Cl2N3O4S. The highest BCUT2D eigenvalue weighted by Gasteiger charge is 2.36. The van der Waals surface area contributed by atoms with E-state index in [0.29, 0.717) is 37.4 Å². The summed E-state index contributed by atoms with van der Waals surface area (Å²) in [5.74, 6) is -0.178. The fraction of sp³-hybridized carbons (Fsp3) is 0.600. The number of hydrogen-bond donors (Lipinski definition) is 1. The standard InChI is InChI=1S/C20H27Cl2N3O4S/c1-2-19(26)23-16-4-3-9-24(13-16)20(27)14-7-10-25(11-8-14)30(28,29)18-12-15(21)5-6-17(18)22/h5-6,12,14,16H,2-4,7-11,13H2,1H3,(H,23,26). The van der Waals surface area contributed by atoms with Crippen LogP contribution in [0.15, 0.2) is 23.1 Å². The van der Waals surface area contributed by atoms with Crippen molar-refractivity contribution in [3.8, 4) is 0 Å². The average Bonchev–Trinajstić information content (AvgIpc) is 2.75. The monoisotopic (exact) mass is 475 g/mol. The summed E-state index contributed by atoms with van der Waals surface area (Å²) in [4.78, 5) is 26.4. The number of halogens is 2. The van der Waals surface area contributed by atoms with Gasteiger partial charge in [-0.1, -0.05) is 30.1 Å². The van der Waals surface area contributed by atoms with Crippen molar-refractivity contribution in [3.05, 3.63) is 28.2 Å². The predicted molar refractivity (Wildman–Crippen MR) is 116 cm³/mol. The summed E-state index contributed by atoms with van der Waals surface area (Å²) in [7, 11) is -3.77. The molecule has 0 radical (unpaired) electrons. The lowest BCUT2D eigenvalue weighted by Crippen LogP contribution is -2.52. The van der Waals surface area contributed by atoms with E-state index >= 15 is 0 Å². The van der Waals surface area contributed by atoms with Crippen molar-refractivity contribution in [2.24, 2.45) is 5.92 Å². The number of sulfonamides is 1. The van der Waals surface area contributed by atoms with Gasteiger partial charge in [0.05, 0.1) is 5.02 Å². The number of piperidine rings is 2. The number of likely N-dealkylation sites (tertiary alicyclic amines) is 1. The molecule has 1 N–H and O–H groups in total. The van der Waals surface area contributed by atoms with Crippen molar-refractivity contribution in [1.29, 1.82) is 0 Å². The van der Waals surface area contributed by atoms with Crippen LogP contribution in [0.1, 0.15) is 39.0 Å². The molecule has 7 nitrogen and oxygen atoms in total. The van der Waals surface area contributed by atoms with Gasteiger partial charge in [0, 0.05) is 49.6 Å². The third-order valence-corrected chi connectivity index (χ3v) is 8.35. The Morgan fingerprint density at radius 1 is 1.13 bits per heavy atom. The maximum atomic E-state index is 13.0. The molecule has 0 spiro atoms. The summed E-state index contributed by atoms with van der Waals surface area (Å²) in [6.07, 6.45) is 3.05. The van der Waals surface area contributed by atoms with Crippen LogP contribution >= 0.6 is 23.2 Å². The molecule has 2 amide bonds. The van der Waals surface area contributed by atoms with Crippen LogP contribution in [-0.2, 0) is 19.6 Å². The molecule has 2 aliphatic heterocycles. The average molecular weight is 476 g/mol. The van der Waals surface area contributed by atoms with Gasteiger partial charge in [0.25, 0.3) is 0 Å². The van der Waals surface area contributed by atoms with E-state index in [1.165, 1.54) is 16.4 Å². The summed E-state index contributed by atoms with van der Waals surface area (Å²) >= 11 is 12.0. The van der Waals surface area contributed by atoms with Gasteiger partial charge in [-0.3, -0.25) is 9.59 Å². The van der Waals surface area contributed by atoms with E-state index in [-0.39, 0.29) is 46.8 Å². The number of nitrogens with zero attached hydrogens (tertiary/aromatic N) is 2. The lowest BCUT2D eigenvalue weighted by molar-refractivity contribution is -0.138. The molecule has 1 aromatic carbocycles. The molecule has 2 heterocycles. The fourth-order valence-electron chi connectivity index (χ4n) is 4.04. The zero-order valence-corrected chi connectivity index (χ0v) is 19.3. The van der Waals surface area contributed by atoms with E-state index in [1.807, 2.05) is 4.90 Å². The Balaban J connectivity index is 1.60. The minimum Gasteiger partial charge on any atom is -0.352 e. The number of nitrogens with one attached hydrogen (secondary N) is 1. The molecule has 0 saturated carbocycles. The Kier molecular flexibility index (Phi) is 7.66. The summed E-state index contributed by atoms with van der Waals surface area (Å²) in [5, 5.41) is 3.40. The van der Waals surface area contributed by atoms with E-state index < -0.39 is 10.0 Å². The number of amides is 2. The summed E-state index contributed by atoms with van der Waals surface area (Å²) in [6, 6.07) is 4.36. The molecule has 2 saturated heterocycles. The van der Waals surface area contributed by atoms with Gasteiger partial charge >= 0.3 is 0 Å². The van der Waals surface area contributed by atoms with Crippen LogP contribution in [0.4, 0.5) is 0 Å². The fourth-order valence-corrected chi connectivity index (χ4v) is 6.25. The Hall–Kier alpha value is -1.35. The second-order valence-corrected chi connectivity index (χ2v) is 10.5. The Labute approximate surface area is 187 Å². The van der Waals surface area contributed by atoms with E-state index in [4.69, 9.17) is 23.2 Å². The molecule has 3 rings (SSSR count). The summed E-state index contributed by atoms with van der Waals surface area (Å²) < 4.78 is 27.3. The highest BCUT2D eigenvalue weighted by atomic mass is 35.5. The Bertz CT molecular complexity index is 901. The van der Waals surface area contributed by atoms with Crippen LogP contribution < -0.4 is 5.32 Å². The van der Waals surface area contributed by atoms with Gasteiger partial charge in [0.1, 0.15) is 4.90 Å². The van der Waals surface area contributed by atoms with Gasteiger partial charge in [0.2, 0.25) is 21.8 Å². The minimum atomic E-state index is -3.77. The first-order valence-electron chi connectivity index (χ1n) is 10.3. The van der Waals surface area contributed by atoms with Crippen molar-refractivity contribution in [2.75, 3.05) is 26.2 Å². The van der Waals surface area contributed by atoms with E-state index in [1.54, 1.807) is 13.0 Å². The molecule has 1 unspecified atom stereocenters. The Morgan fingerprint density at radius 3 is 2.50 bits per heavy atom. The number of benzene rings is 1. The molecule has 166 valence electrons. The lowest BCUT2D eigenvalue weighted by Gasteiger charge is -2.37. The van der Waals surface area contributed by atoms with Crippen LogP contribution in [0.3, 0.4) is 0 Å². The molecule has 0 aromatic heterocycles. The smallest absolute Gasteiger partial charge is 0.244 e. The highest BCUT2D eigenvalue weighted by Crippen LogP contribution is 2.31. The number of carbonyl (C=O) groups is 2. The van der Waals surface area contributed by atoms with Gasteiger partial charge in [-0.2, -0.15) is 4.31 Å². The van der Waals surface area contributed by atoms with Crippen LogP contribution in [0, 0.1) is 5.92 Å². The van der Waals surface area contributed by atoms with Crippen LogP contribution in [0.5, 0.6) is 0 Å². The first-order chi connectivity index (χ1) is 14.2. The minimum absolute atomic E-state index is 0.00695. The maximum absolute atomic E-state index is 13.0. The van der Waals surface area contributed by atoms with Crippen LogP contribution in [0.25, 0.3) is 0 Å². The first kappa shape index (κ1) is 23.3. The van der Waals surface area contributed by atoms with Crippen molar-refractivity contribution in [1.82, 2.24) is 14.5 Å². The SMILES string of the molecule is CCC(=O)NC1CCCN(C(=O)C2CCN(S(=O)(=O)c3cc(Cl)ccc3Cl)CC2)C1. The van der Waals surface area contributed by atoms with Crippen molar-refractivity contribution >= 4 is 45.0 Å². The van der Waals surface area contributed by atoms with Gasteiger partial charge in [-0.05, 0) is 43.9 Å². The molecule has 1 aromatic rings. The van der Waals surface area contributed by atoms with Crippen LogP contribution in [0.2, 0.25) is 10.0 Å². The number of hydrogen-bond acceptors (Lipinski definition) is 4. The van der Waals surface area contributed by atoms with E-state index in [2.05, 4.69) is 5.32 Å². The molecule has 0 aliphatic carbocycles. The number of rotatable bonds is 5. The zero-order valence-electron chi connectivity index (χ0n) is 16.9. The molecule has 10 heteroatoms. The molecule has 2 fully saturated rings. The highest BCUT2D eigenvalue weighted by molar-refractivity contribution is 7.89. The van der Waals surface area contributed by atoms with Gasteiger partial charge in [-0.25, -0.2) is 8.42 Å². The first-order valence-corrected chi connectivity index (χ1v) is 12.4. The van der Waals surface area contributed by atoms with Crippen molar-refractivity contribution in [3.63, 3.8) is 0 Å². The molecule has 0 bridgehead atoms. The second kappa shape index (κ2) is 9.85. The van der Waals surface area contributed by atoms with Crippen LogP contribution in [-0.4, -0.2) is 61.7 Å². The summed E-state index contributed by atoms with van der Waals surface area (Å²) in [5.41, 5.74) is 0. The third kappa shape index (κ3) is 5.28. The quantitative estimate of drug-likeness (QED) is 0.708. The number of carbonyl (C=O) groups excluding carboxylic acids is 2. The molecule has 1 atom stereocenters. The largest absolute Gasteiger partial charge is 0.352 e. The molecule has 2 aliphatic rings. The lowest BCUT2D eigenvalue weighted by atomic mass is 9.95. The van der Waals surface area contributed by atoms with Gasteiger partial charge in [-0.15, -0.1) is 0 Å².